The van der Waals surface area contributed by atoms with Crippen molar-refractivity contribution in [2.45, 2.75) is 6.10 Å². The van der Waals surface area contributed by atoms with Gasteiger partial charge in [-0.3, -0.25) is 9.59 Å². The van der Waals surface area contributed by atoms with E-state index in [4.69, 9.17) is 21.1 Å². The number of amides is 3. The predicted octanol–water partition coefficient (Wildman–Crippen LogP) is 2.50. The molecule has 2 aliphatic heterocycles. The fourth-order valence-electron chi connectivity index (χ4n) is 3.07. The third kappa shape index (κ3) is 4.31. The van der Waals surface area contributed by atoms with Crippen LogP contribution in [0.5, 0.6) is 0 Å². The molecule has 8 nitrogen and oxygen atoms in total. The number of nitrogens with zero attached hydrogens (tertiary/aromatic N) is 2. The summed E-state index contributed by atoms with van der Waals surface area (Å²) in [5.41, 5.74) is 1.85. The van der Waals surface area contributed by atoms with E-state index in [9.17, 15) is 14.4 Å². The average Bonchev–Trinajstić information content (AvgIpc) is 3.32. The molecule has 0 aliphatic carbocycles. The molecule has 0 unspecified atom stereocenters. The molecule has 1 atom stereocenters. The predicted molar refractivity (Wildman–Crippen MR) is 108 cm³/mol. The zero-order valence-corrected chi connectivity index (χ0v) is 16.7. The van der Waals surface area contributed by atoms with E-state index < -0.39 is 12.2 Å². The summed E-state index contributed by atoms with van der Waals surface area (Å²) in [6.45, 7) is 1.12. The lowest BCUT2D eigenvalue weighted by molar-refractivity contribution is -0.125. The van der Waals surface area contributed by atoms with E-state index in [-0.39, 0.29) is 25.0 Å². The second-order valence-electron chi connectivity index (χ2n) is 6.33. The Morgan fingerprint density at radius 1 is 1.24 bits per heavy atom. The van der Waals surface area contributed by atoms with Gasteiger partial charge < -0.3 is 19.7 Å². The van der Waals surface area contributed by atoms with Crippen molar-refractivity contribution < 1.29 is 23.9 Å². The Morgan fingerprint density at radius 2 is 2.03 bits per heavy atom. The zero-order chi connectivity index (χ0) is 20.4. The lowest BCUT2D eigenvalue weighted by atomic mass is 10.0. The van der Waals surface area contributed by atoms with Gasteiger partial charge in [-0.1, -0.05) is 23.7 Å². The van der Waals surface area contributed by atoms with Crippen molar-refractivity contribution >= 4 is 52.2 Å². The number of morpholine rings is 1. The molecule has 3 amide bonds. The molecule has 10 heteroatoms. The standard InChI is InChI=1S/C19H16ClN3O5S/c20-15-6-5-14(29-15)18(25)21-9-13-17(22-19(26)28-13)11-1-3-12(4-2-11)23-7-8-27-10-16(23)24/h1-6,13H,7-10H2,(H,21,25)/t13-/m0/s1. The van der Waals surface area contributed by atoms with E-state index in [1.165, 1.54) is 11.3 Å². The van der Waals surface area contributed by atoms with Crippen molar-refractivity contribution in [2.24, 2.45) is 4.99 Å². The Balaban J connectivity index is 1.44. The quantitative estimate of drug-likeness (QED) is 0.781. The van der Waals surface area contributed by atoms with Crippen molar-refractivity contribution in [3.63, 3.8) is 0 Å². The molecule has 0 radical (unpaired) electrons. The molecule has 0 spiro atoms. The molecule has 1 saturated heterocycles. The van der Waals surface area contributed by atoms with Crippen LogP contribution in [-0.4, -0.2) is 56.0 Å². The number of hydrogen-bond acceptors (Lipinski definition) is 6. The van der Waals surface area contributed by atoms with Crippen LogP contribution in [0.3, 0.4) is 0 Å². The first kappa shape index (κ1) is 19.6. The molecule has 2 aliphatic rings. The van der Waals surface area contributed by atoms with Gasteiger partial charge in [0.15, 0.2) is 6.10 Å². The first-order valence-electron chi connectivity index (χ1n) is 8.82. The number of hydrogen-bond donors (Lipinski definition) is 1. The minimum Gasteiger partial charge on any atom is -0.436 e. The van der Waals surface area contributed by atoms with Crippen LogP contribution < -0.4 is 10.2 Å². The molecule has 2 aromatic rings. The molecule has 150 valence electrons. The van der Waals surface area contributed by atoms with Crippen LogP contribution in [0.4, 0.5) is 10.5 Å². The van der Waals surface area contributed by atoms with E-state index in [2.05, 4.69) is 10.3 Å². The maximum atomic E-state index is 12.2. The SMILES string of the molecule is O=C1N=C(c2ccc(N3CCOCC3=O)cc2)[C@H](CNC(=O)c2ccc(Cl)s2)O1. The Hall–Kier alpha value is -2.75. The van der Waals surface area contributed by atoms with Gasteiger partial charge in [-0.15, -0.1) is 11.3 Å². The van der Waals surface area contributed by atoms with Gasteiger partial charge in [0.25, 0.3) is 11.8 Å². The van der Waals surface area contributed by atoms with Gasteiger partial charge in [-0.2, -0.15) is 4.99 Å². The Kier molecular flexibility index (Phi) is 5.61. The number of ether oxygens (including phenoxy) is 2. The van der Waals surface area contributed by atoms with E-state index in [0.29, 0.717) is 33.6 Å². The second kappa shape index (κ2) is 8.32. The number of aliphatic imine (C=N–C) groups is 1. The van der Waals surface area contributed by atoms with Gasteiger partial charge in [0.05, 0.1) is 28.1 Å². The number of rotatable bonds is 5. The molecule has 29 heavy (non-hydrogen) atoms. The molecule has 1 aromatic carbocycles. The van der Waals surface area contributed by atoms with E-state index in [1.54, 1.807) is 41.3 Å². The third-order valence-electron chi connectivity index (χ3n) is 4.47. The van der Waals surface area contributed by atoms with Crippen LogP contribution in [-0.2, 0) is 14.3 Å². The molecule has 1 N–H and O–H groups in total. The van der Waals surface area contributed by atoms with Crippen LogP contribution in [0.2, 0.25) is 4.34 Å². The van der Waals surface area contributed by atoms with Gasteiger partial charge in [0, 0.05) is 17.8 Å². The van der Waals surface area contributed by atoms with Crippen LogP contribution in [0.15, 0.2) is 41.4 Å². The summed E-state index contributed by atoms with van der Waals surface area (Å²) in [5.74, 6) is -0.402. The summed E-state index contributed by atoms with van der Waals surface area (Å²) in [6, 6.07) is 10.4. The van der Waals surface area contributed by atoms with Gasteiger partial charge in [0.1, 0.15) is 6.61 Å². The molecule has 4 rings (SSSR count). The lowest BCUT2D eigenvalue weighted by Gasteiger charge is -2.27. The minimum atomic E-state index is -0.703. The maximum absolute atomic E-state index is 12.2. The van der Waals surface area contributed by atoms with E-state index in [1.807, 2.05) is 0 Å². The molecule has 1 fully saturated rings. The minimum absolute atomic E-state index is 0.0635. The van der Waals surface area contributed by atoms with Gasteiger partial charge in [0.2, 0.25) is 0 Å². The number of halogens is 1. The average molecular weight is 434 g/mol. The normalized spacial score (nSPS) is 19.1. The number of nitrogens with one attached hydrogen (secondary N) is 1. The summed E-state index contributed by atoms with van der Waals surface area (Å²) in [5, 5.41) is 2.73. The first-order valence-corrected chi connectivity index (χ1v) is 10.0. The van der Waals surface area contributed by atoms with E-state index >= 15 is 0 Å². The summed E-state index contributed by atoms with van der Waals surface area (Å²) in [6.07, 6.45) is -1.40. The van der Waals surface area contributed by atoms with E-state index in [0.717, 1.165) is 5.69 Å². The van der Waals surface area contributed by atoms with Crippen molar-refractivity contribution in [1.82, 2.24) is 5.32 Å². The van der Waals surface area contributed by atoms with Crippen LogP contribution in [0, 0.1) is 0 Å². The molecule has 3 heterocycles. The summed E-state index contributed by atoms with van der Waals surface area (Å²) >= 11 is 7.02. The Bertz CT molecular complexity index is 988. The highest BCUT2D eigenvalue weighted by molar-refractivity contribution is 7.18. The molecule has 1 aromatic heterocycles. The second-order valence-corrected chi connectivity index (χ2v) is 8.04. The summed E-state index contributed by atoms with van der Waals surface area (Å²) in [7, 11) is 0. The molecular weight excluding hydrogens is 418 g/mol. The fourth-order valence-corrected chi connectivity index (χ4v) is 4.03. The molecular formula is C19H16ClN3O5S. The van der Waals surface area contributed by atoms with Crippen molar-refractivity contribution in [3.05, 3.63) is 51.2 Å². The fraction of sp³-hybridized carbons (Fsp3) is 0.263. The first-order chi connectivity index (χ1) is 14.0. The molecule has 0 bridgehead atoms. The maximum Gasteiger partial charge on any atom is 0.434 e. The smallest absolute Gasteiger partial charge is 0.434 e. The van der Waals surface area contributed by atoms with Crippen LogP contribution >= 0.6 is 22.9 Å². The Labute approximate surface area is 175 Å². The highest BCUT2D eigenvalue weighted by Crippen LogP contribution is 2.23. The summed E-state index contributed by atoms with van der Waals surface area (Å²) < 4.78 is 10.9. The van der Waals surface area contributed by atoms with Crippen molar-refractivity contribution in [3.8, 4) is 0 Å². The van der Waals surface area contributed by atoms with Gasteiger partial charge in [-0.05, 0) is 24.3 Å². The number of carbonyl (C=O) groups excluding carboxylic acids is 3. The largest absolute Gasteiger partial charge is 0.436 e. The van der Waals surface area contributed by atoms with Crippen molar-refractivity contribution in [2.75, 3.05) is 31.2 Å². The van der Waals surface area contributed by atoms with Gasteiger partial charge in [-0.25, -0.2) is 4.79 Å². The third-order valence-corrected chi connectivity index (χ3v) is 5.70. The van der Waals surface area contributed by atoms with Crippen molar-refractivity contribution in [1.29, 1.82) is 0 Å². The number of carbonyl (C=O) groups is 3. The number of anilines is 1. The highest BCUT2D eigenvalue weighted by Gasteiger charge is 2.30. The number of benzene rings is 1. The van der Waals surface area contributed by atoms with Crippen LogP contribution in [0.1, 0.15) is 15.2 Å². The van der Waals surface area contributed by atoms with Crippen LogP contribution in [0.25, 0.3) is 0 Å². The zero-order valence-electron chi connectivity index (χ0n) is 15.1. The number of thiophene rings is 1. The molecule has 0 saturated carbocycles. The lowest BCUT2D eigenvalue weighted by Crippen LogP contribution is -2.41. The Morgan fingerprint density at radius 3 is 2.72 bits per heavy atom. The highest BCUT2D eigenvalue weighted by atomic mass is 35.5. The number of cyclic esters (lactones) is 1. The monoisotopic (exact) mass is 433 g/mol. The van der Waals surface area contributed by atoms with Gasteiger partial charge >= 0.3 is 6.09 Å². The summed E-state index contributed by atoms with van der Waals surface area (Å²) in [4.78, 5) is 41.9. The topological polar surface area (TPSA) is 97.3 Å².